The smallest absolute Gasteiger partial charge is 0.370 e. The molecule has 0 aromatic heterocycles. The van der Waals surface area contributed by atoms with Crippen molar-refractivity contribution in [3.63, 3.8) is 0 Å². The summed E-state index contributed by atoms with van der Waals surface area (Å²) < 4.78 is 22.2. The molecule has 6 nitrogen and oxygen atoms in total. The Kier molecular flexibility index (Phi) is 5.21. The first kappa shape index (κ1) is 18.4. The normalized spacial score (nSPS) is 20.4. The Morgan fingerprint density at radius 2 is 1.86 bits per heavy atom. The highest BCUT2D eigenvalue weighted by Gasteiger charge is 2.29. The molecule has 2 aliphatic heterocycles. The van der Waals surface area contributed by atoms with Gasteiger partial charge in [0, 0.05) is 12.3 Å². The number of benzene rings is 2. The third kappa shape index (κ3) is 3.97. The summed E-state index contributed by atoms with van der Waals surface area (Å²) >= 11 is 0. The lowest BCUT2D eigenvalue weighted by Crippen LogP contribution is -2.26. The van der Waals surface area contributed by atoms with Gasteiger partial charge >= 0.3 is 5.97 Å². The molecule has 4 rings (SSSR count). The minimum atomic E-state index is -1.11. The van der Waals surface area contributed by atoms with E-state index < -0.39 is 12.3 Å². The maximum atomic E-state index is 11.5. The van der Waals surface area contributed by atoms with Gasteiger partial charge in [-0.15, -0.1) is 0 Å². The first-order valence-electron chi connectivity index (χ1n) is 9.33. The molecule has 0 saturated carbocycles. The van der Waals surface area contributed by atoms with Crippen LogP contribution in [0.4, 0.5) is 0 Å². The molecule has 0 saturated heterocycles. The highest BCUT2D eigenvalue weighted by Crippen LogP contribution is 2.38. The molecule has 2 atom stereocenters. The number of carbonyl (C=O) groups is 1. The highest BCUT2D eigenvalue weighted by molar-refractivity contribution is 5.84. The summed E-state index contributed by atoms with van der Waals surface area (Å²) in [4.78, 5) is 11.5. The number of allylic oxidation sites excluding steroid dienone is 1. The second-order valence-corrected chi connectivity index (χ2v) is 6.82. The molecule has 0 fully saturated rings. The fraction of sp³-hybridized carbons (Fsp3) is 0.318. The van der Waals surface area contributed by atoms with E-state index in [0.717, 1.165) is 17.5 Å². The Labute approximate surface area is 163 Å². The van der Waals surface area contributed by atoms with Crippen molar-refractivity contribution in [2.75, 3.05) is 6.79 Å². The van der Waals surface area contributed by atoms with E-state index in [4.69, 9.17) is 18.9 Å². The van der Waals surface area contributed by atoms with Crippen molar-refractivity contribution in [3.05, 3.63) is 71.0 Å². The van der Waals surface area contributed by atoms with Gasteiger partial charge < -0.3 is 24.1 Å². The van der Waals surface area contributed by atoms with E-state index in [1.807, 2.05) is 30.3 Å². The maximum Gasteiger partial charge on any atom is 0.370 e. The van der Waals surface area contributed by atoms with Crippen molar-refractivity contribution < 1.29 is 28.8 Å². The molecule has 2 aliphatic rings. The zero-order valence-corrected chi connectivity index (χ0v) is 15.6. The zero-order valence-electron chi connectivity index (χ0n) is 15.6. The quantitative estimate of drug-likeness (QED) is 0.814. The van der Waals surface area contributed by atoms with Crippen LogP contribution in [-0.4, -0.2) is 24.2 Å². The van der Waals surface area contributed by atoms with Crippen molar-refractivity contribution in [2.24, 2.45) is 0 Å². The molecule has 0 aliphatic carbocycles. The monoisotopic (exact) mass is 382 g/mol. The summed E-state index contributed by atoms with van der Waals surface area (Å²) in [6.45, 7) is 2.66. The molecular formula is C22H22O6. The predicted molar refractivity (Wildman–Crippen MR) is 101 cm³/mol. The van der Waals surface area contributed by atoms with Gasteiger partial charge in [-0.3, -0.25) is 0 Å². The van der Waals surface area contributed by atoms with Crippen molar-refractivity contribution >= 4 is 5.97 Å². The van der Waals surface area contributed by atoms with Crippen LogP contribution in [0, 0.1) is 0 Å². The first-order valence-corrected chi connectivity index (χ1v) is 9.33. The largest absolute Gasteiger partial charge is 0.475 e. The van der Waals surface area contributed by atoms with Crippen LogP contribution < -0.4 is 9.47 Å². The van der Waals surface area contributed by atoms with E-state index in [1.54, 1.807) is 6.08 Å². The number of hydrogen-bond acceptors (Lipinski definition) is 5. The molecule has 28 heavy (non-hydrogen) atoms. The number of carboxylic acid groups (broad SMARTS) is 1. The first-order chi connectivity index (χ1) is 13.6. The number of aliphatic carboxylic acids is 1. The molecule has 146 valence electrons. The van der Waals surface area contributed by atoms with Crippen LogP contribution in [0.3, 0.4) is 0 Å². The van der Waals surface area contributed by atoms with Crippen LogP contribution >= 0.6 is 0 Å². The van der Waals surface area contributed by atoms with Crippen LogP contribution in [0.5, 0.6) is 11.5 Å². The summed E-state index contributed by atoms with van der Waals surface area (Å²) in [6, 6.07) is 13.8. The minimum absolute atomic E-state index is 0.0970. The minimum Gasteiger partial charge on any atom is -0.475 e. The van der Waals surface area contributed by atoms with E-state index >= 15 is 0 Å². The average molecular weight is 382 g/mol. The highest BCUT2D eigenvalue weighted by atomic mass is 16.7. The van der Waals surface area contributed by atoms with Gasteiger partial charge in [-0.2, -0.15) is 0 Å². The van der Waals surface area contributed by atoms with E-state index in [2.05, 4.69) is 19.1 Å². The topological polar surface area (TPSA) is 74.2 Å². The molecule has 2 heterocycles. The summed E-state index contributed by atoms with van der Waals surface area (Å²) in [6.07, 6.45) is 2.48. The van der Waals surface area contributed by atoms with Crippen LogP contribution in [0.1, 0.15) is 36.0 Å². The van der Waals surface area contributed by atoms with E-state index in [9.17, 15) is 9.90 Å². The lowest BCUT2D eigenvalue weighted by Gasteiger charge is -2.28. The predicted octanol–water partition coefficient (Wildman–Crippen LogP) is 3.99. The SMILES string of the molecule is CCc1ccc(CO[C@H]2C[C@@H](c3ccc4c(c3)OCO4)C=C(C(=O)O)O2)cc1. The van der Waals surface area contributed by atoms with Crippen LogP contribution in [0.15, 0.2) is 54.3 Å². The Morgan fingerprint density at radius 1 is 1.11 bits per heavy atom. The third-order valence-corrected chi connectivity index (χ3v) is 4.96. The van der Waals surface area contributed by atoms with Gasteiger partial charge in [0.2, 0.25) is 18.8 Å². The summed E-state index contributed by atoms with van der Waals surface area (Å²) in [5, 5.41) is 9.42. The lowest BCUT2D eigenvalue weighted by atomic mass is 9.92. The molecule has 0 spiro atoms. The Balaban J connectivity index is 1.48. The van der Waals surface area contributed by atoms with E-state index in [1.165, 1.54) is 5.56 Å². The van der Waals surface area contributed by atoms with Gasteiger partial charge in [0.25, 0.3) is 0 Å². The second kappa shape index (κ2) is 7.94. The van der Waals surface area contributed by atoms with Gasteiger partial charge in [0.1, 0.15) is 0 Å². The van der Waals surface area contributed by atoms with Crippen LogP contribution in [-0.2, 0) is 27.3 Å². The summed E-state index contributed by atoms with van der Waals surface area (Å²) in [5.74, 6) is 0.0118. The molecule has 1 N–H and O–H groups in total. The van der Waals surface area contributed by atoms with E-state index in [0.29, 0.717) is 24.5 Å². The van der Waals surface area contributed by atoms with Crippen LogP contribution in [0.2, 0.25) is 0 Å². The number of ether oxygens (including phenoxy) is 4. The van der Waals surface area contributed by atoms with Gasteiger partial charge in [-0.25, -0.2) is 4.79 Å². The van der Waals surface area contributed by atoms with Crippen molar-refractivity contribution in [1.29, 1.82) is 0 Å². The van der Waals surface area contributed by atoms with Crippen molar-refractivity contribution in [2.45, 2.75) is 38.6 Å². The third-order valence-electron chi connectivity index (χ3n) is 4.96. The maximum absolute atomic E-state index is 11.5. The molecule has 6 heteroatoms. The standard InChI is InChI=1S/C22H22O6/c1-2-14-3-5-15(6-4-14)12-25-21-11-17(10-20(28-21)22(23)24)16-7-8-18-19(9-16)27-13-26-18/h3-10,17,21H,2,11-13H2,1H3,(H,23,24)/t17-,21+/m0/s1. The summed E-state index contributed by atoms with van der Waals surface area (Å²) in [7, 11) is 0. The van der Waals surface area contributed by atoms with Gasteiger partial charge in [0.15, 0.2) is 11.5 Å². The molecule has 0 bridgehead atoms. The molecular weight excluding hydrogens is 360 g/mol. The van der Waals surface area contributed by atoms with Crippen molar-refractivity contribution in [3.8, 4) is 11.5 Å². The van der Waals surface area contributed by atoms with E-state index in [-0.39, 0.29) is 18.5 Å². The lowest BCUT2D eigenvalue weighted by molar-refractivity contribution is -0.159. The number of aryl methyl sites for hydroxylation is 1. The Hall–Kier alpha value is -2.99. The zero-order chi connectivity index (χ0) is 19.5. The van der Waals surface area contributed by atoms with Gasteiger partial charge in [-0.05, 0) is 41.3 Å². The summed E-state index contributed by atoms with van der Waals surface area (Å²) in [5.41, 5.74) is 3.22. The second-order valence-electron chi connectivity index (χ2n) is 6.82. The fourth-order valence-electron chi connectivity index (χ4n) is 3.35. The number of hydrogen-bond donors (Lipinski definition) is 1. The molecule has 0 unspecified atom stereocenters. The van der Waals surface area contributed by atoms with Gasteiger partial charge in [0.05, 0.1) is 6.61 Å². The van der Waals surface area contributed by atoms with Crippen molar-refractivity contribution in [1.82, 2.24) is 0 Å². The van der Waals surface area contributed by atoms with Gasteiger partial charge in [-0.1, -0.05) is 37.3 Å². The fourth-order valence-corrected chi connectivity index (χ4v) is 3.35. The number of carboxylic acids is 1. The average Bonchev–Trinajstić information content (AvgIpc) is 3.20. The molecule has 0 amide bonds. The van der Waals surface area contributed by atoms with Crippen LogP contribution in [0.25, 0.3) is 0 Å². The molecule has 2 aromatic rings. The molecule has 0 radical (unpaired) electrons. The Morgan fingerprint density at radius 3 is 2.61 bits per heavy atom. The Bertz CT molecular complexity index is 886. The molecule has 2 aromatic carbocycles. The number of fused-ring (bicyclic) bond motifs is 1. The number of rotatable bonds is 6.